The van der Waals surface area contributed by atoms with Crippen LogP contribution in [0.4, 0.5) is 0 Å². The lowest BCUT2D eigenvalue weighted by Gasteiger charge is -2.33. The molecule has 25 heavy (non-hydrogen) atoms. The Bertz CT molecular complexity index is 784. The molecule has 2 fully saturated rings. The first-order chi connectivity index (χ1) is 12.2. The van der Waals surface area contributed by atoms with E-state index in [-0.39, 0.29) is 11.7 Å². The van der Waals surface area contributed by atoms with E-state index in [1.807, 2.05) is 25.1 Å². The Morgan fingerprint density at radius 1 is 1.16 bits per heavy atom. The SMILES string of the molecule is Cc1cc2c(=O)[nH]ccc2cc1OC1CCN(CC2CCCC2)CC1. The second kappa shape index (κ2) is 7.20. The first-order valence-electron chi connectivity index (χ1n) is 9.70. The van der Waals surface area contributed by atoms with Crippen LogP contribution in [0.2, 0.25) is 0 Å². The standard InChI is InChI=1S/C21H28N2O2/c1-15-12-19-17(6-9-22-21(19)24)13-20(15)25-18-7-10-23(11-8-18)14-16-4-2-3-5-16/h6,9,12-13,16,18H,2-5,7-8,10-11,14H2,1H3,(H,22,24). The molecular weight excluding hydrogens is 312 g/mol. The van der Waals surface area contributed by atoms with E-state index in [1.165, 1.54) is 32.2 Å². The van der Waals surface area contributed by atoms with E-state index in [9.17, 15) is 4.79 Å². The van der Waals surface area contributed by atoms with Crippen LogP contribution in [0.25, 0.3) is 10.8 Å². The average molecular weight is 340 g/mol. The normalized spacial score (nSPS) is 20.4. The van der Waals surface area contributed by atoms with Gasteiger partial charge in [0.1, 0.15) is 11.9 Å². The predicted octanol–water partition coefficient (Wildman–Crippen LogP) is 3.87. The van der Waals surface area contributed by atoms with E-state index < -0.39 is 0 Å². The van der Waals surface area contributed by atoms with Gasteiger partial charge in [-0.15, -0.1) is 0 Å². The van der Waals surface area contributed by atoms with E-state index in [1.54, 1.807) is 6.20 Å². The Morgan fingerprint density at radius 2 is 1.92 bits per heavy atom. The molecule has 0 amide bonds. The van der Waals surface area contributed by atoms with Crippen molar-refractivity contribution in [1.82, 2.24) is 9.88 Å². The number of rotatable bonds is 4. The van der Waals surface area contributed by atoms with Gasteiger partial charge in [-0.1, -0.05) is 12.8 Å². The summed E-state index contributed by atoms with van der Waals surface area (Å²) in [5.41, 5.74) is 1.00. The van der Waals surface area contributed by atoms with Gasteiger partial charge < -0.3 is 14.6 Å². The van der Waals surface area contributed by atoms with E-state index in [4.69, 9.17) is 4.74 Å². The number of pyridine rings is 1. The monoisotopic (exact) mass is 340 g/mol. The fraction of sp³-hybridized carbons (Fsp3) is 0.571. The minimum Gasteiger partial charge on any atom is -0.490 e. The number of likely N-dealkylation sites (tertiary alicyclic amines) is 1. The minimum atomic E-state index is -0.0348. The third-order valence-corrected chi connectivity index (χ3v) is 5.89. The van der Waals surface area contributed by atoms with Crippen LogP contribution >= 0.6 is 0 Å². The molecule has 2 heterocycles. The predicted molar refractivity (Wildman–Crippen MR) is 101 cm³/mol. The molecule has 4 heteroatoms. The molecule has 0 atom stereocenters. The second-order valence-corrected chi connectivity index (χ2v) is 7.78. The first-order valence-corrected chi connectivity index (χ1v) is 9.70. The lowest BCUT2D eigenvalue weighted by molar-refractivity contribution is 0.0912. The number of hydrogen-bond donors (Lipinski definition) is 1. The summed E-state index contributed by atoms with van der Waals surface area (Å²) >= 11 is 0. The number of piperidine rings is 1. The van der Waals surface area contributed by atoms with Gasteiger partial charge in [-0.3, -0.25) is 4.79 Å². The molecule has 1 saturated carbocycles. The van der Waals surface area contributed by atoms with Crippen molar-refractivity contribution >= 4 is 10.8 Å². The first kappa shape index (κ1) is 16.6. The van der Waals surface area contributed by atoms with E-state index >= 15 is 0 Å². The maximum absolute atomic E-state index is 11.9. The highest BCUT2D eigenvalue weighted by Crippen LogP contribution is 2.29. The number of aromatic amines is 1. The molecule has 2 aromatic rings. The largest absolute Gasteiger partial charge is 0.490 e. The van der Waals surface area contributed by atoms with Crippen LogP contribution in [0.5, 0.6) is 5.75 Å². The van der Waals surface area contributed by atoms with Gasteiger partial charge in [0, 0.05) is 31.2 Å². The van der Waals surface area contributed by atoms with Gasteiger partial charge in [0.15, 0.2) is 0 Å². The number of ether oxygens (including phenoxy) is 1. The molecule has 2 aliphatic rings. The van der Waals surface area contributed by atoms with Crippen LogP contribution in [0.1, 0.15) is 44.1 Å². The summed E-state index contributed by atoms with van der Waals surface area (Å²) in [4.78, 5) is 17.3. The molecule has 1 saturated heterocycles. The van der Waals surface area contributed by atoms with E-state index in [2.05, 4.69) is 9.88 Å². The summed E-state index contributed by atoms with van der Waals surface area (Å²) in [6, 6.07) is 5.90. The van der Waals surface area contributed by atoms with Crippen molar-refractivity contribution in [3.8, 4) is 5.75 Å². The number of nitrogens with zero attached hydrogens (tertiary/aromatic N) is 1. The molecule has 1 aromatic carbocycles. The third-order valence-electron chi connectivity index (χ3n) is 5.89. The van der Waals surface area contributed by atoms with Gasteiger partial charge in [-0.25, -0.2) is 0 Å². The molecular formula is C21H28N2O2. The molecule has 0 spiro atoms. The summed E-state index contributed by atoms with van der Waals surface area (Å²) in [5.74, 6) is 1.85. The smallest absolute Gasteiger partial charge is 0.255 e. The van der Waals surface area contributed by atoms with Crippen molar-refractivity contribution in [3.63, 3.8) is 0 Å². The molecule has 1 N–H and O–H groups in total. The maximum Gasteiger partial charge on any atom is 0.255 e. The lowest BCUT2D eigenvalue weighted by atomic mass is 10.0. The van der Waals surface area contributed by atoms with Crippen molar-refractivity contribution in [2.45, 2.75) is 51.6 Å². The van der Waals surface area contributed by atoms with Gasteiger partial charge in [-0.05, 0) is 67.7 Å². The van der Waals surface area contributed by atoms with Crippen molar-refractivity contribution in [2.75, 3.05) is 19.6 Å². The molecule has 4 rings (SSSR count). The van der Waals surface area contributed by atoms with Gasteiger partial charge >= 0.3 is 0 Å². The van der Waals surface area contributed by atoms with Crippen LogP contribution in [0.3, 0.4) is 0 Å². The van der Waals surface area contributed by atoms with Gasteiger partial charge in [0.25, 0.3) is 5.56 Å². The number of aryl methyl sites for hydroxylation is 1. The van der Waals surface area contributed by atoms with Crippen LogP contribution < -0.4 is 10.3 Å². The highest BCUT2D eigenvalue weighted by Gasteiger charge is 2.24. The Hall–Kier alpha value is -1.81. The average Bonchev–Trinajstić information content (AvgIpc) is 3.11. The summed E-state index contributed by atoms with van der Waals surface area (Å²) in [7, 11) is 0. The summed E-state index contributed by atoms with van der Waals surface area (Å²) in [6.45, 7) is 5.60. The summed E-state index contributed by atoms with van der Waals surface area (Å²) in [5, 5.41) is 1.68. The van der Waals surface area contributed by atoms with Crippen molar-refractivity contribution in [3.05, 3.63) is 40.3 Å². The van der Waals surface area contributed by atoms with Crippen LogP contribution in [-0.4, -0.2) is 35.6 Å². The van der Waals surface area contributed by atoms with Gasteiger partial charge in [0.2, 0.25) is 0 Å². The van der Waals surface area contributed by atoms with Crippen LogP contribution in [0.15, 0.2) is 29.2 Å². The molecule has 0 bridgehead atoms. The van der Waals surface area contributed by atoms with Crippen LogP contribution in [0, 0.1) is 12.8 Å². The van der Waals surface area contributed by atoms with Crippen LogP contribution in [-0.2, 0) is 0 Å². The molecule has 134 valence electrons. The molecule has 1 aliphatic carbocycles. The fourth-order valence-electron chi connectivity index (χ4n) is 4.40. The zero-order valence-electron chi connectivity index (χ0n) is 15.1. The number of hydrogen-bond acceptors (Lipinski definition) is 3. The number of aromatic nitrogens is 1. The zero-order chi connectivity index (χ0) is 17.2. The van der Waals surface area contributed by atoms with Crippen molar-refractivity contribution < 1.29 is 4.74 Å². The van der Waals surface area contributed by atoms with Crippen molar-refractivity contribution in [1.29, 1.82) is 0 Å². The number of H-pyrrole nitrogens is 1. The lowest BCUT2D eigenvalue weighted by Crippen LogP contribution is -2.40. The highest BCUT2D eigenvalue weighted by atomic mass is 16.5. The summed E-state index contributed by atoms with van der Waals surface area (Å²) in [6.07, 6.45) is 9.88. The molecule has 1 aliphatic heterocycles. The maximum atomic E-state index is 11.9. The highest BCUT2D eigenvalue weighted by molar-refractivity contribution is 5.83. The zero-order valence-corrected chi connectivity index (χ0v) is 15.1. The molecule has 0 radical (unpaired) electrons. The topological polar surface area (TPSA) is 45.3 Å². The molecule has 4 nitrogen and oxygen atoms in total. The Balaban J connectivity index is 1.39. The number of fused-ring (bicyclic) bond motifs is 1. The molecule has 1 aromatic heterocycles. The van der Waals surface area contributed by atoms with E-state index in [0.717, 1.165) is 53.9 Å². The number of benzene rings is 1. The Labute approximate surface area is 149 Å². The van der Waals surface area contributed by atoms with Gasteiger partial charge in [0.05, 0.1) is 0 Å². The second-order valence-electron chi connectivity index (χ2n) is 7.78. The Morgan fingerprint density at radius 3 is 2.68 bits per heavy atom. The fourth-order valence-corrected chi connectivity index (χ4v) is 4.40. The molecule has 0 unspecified atom stereocenters. The number of nitrogens with one attached hydrogen (secondary N) is 1. The minimum absolute atomic E-state index is 0.0348. The van der Waals surface area contributed by atoms with E-state index in [0.29, 0.717) is 0 Å². The summed E-state index contributed by atoms with van der Waals surface area (Å²) < 4.78 is 6.31. The third kappa shape index (κ3) is 3.74. The quantitative estimate of drug-likeness (QED) is 0.919. The van der Waals surface area contributed by atoms with Gasteiger partial charge in [-0.2, -0.15) is 0 Å². The Kier molecular flexibility index (Phi) is 4.80. The van der Waals surface area contributed by atoms with Crippen molar-refractivity contribution in [2.24, 2.45) is 5.92 Å².